The molecule has 128 valence electrons. The van der Waals surface area contributed by atoms with Crippen molar-refractivity contribution in [1.29, 1.82) is 0 Å². The van der Waals surface area contributed by atoms with Crippen molar-refractivity contribution in [2.45, 2.75) is 25.5 Å². The number of methoxy groups -OCH3 is 1. The molecule has 4 rings (SSSR count). The van der Waals surface area contributed by atoms with Crippen LogP contribution in [-0.4, -0.2) is 61.1 Å². The Morgan fingerprint density at radius 1 is 1.33 bits per heavy atom. The molecule has 1 aromatic heterocycles. The molecule has 1 aromatic carbocycles. The van der Waals surface area contributed by atoms with E-state index in [4.69, 9.17) is 9.15 Å². The van der Waals surface area contributed by atoms with Gasteiger partial charge in [-0.15, -0.1) is 0 Å². The first kappa shape index (κ1) is 15.7. The van der Waals surface area contributed by atoms with Gasteiger partial charge in [-0.2, -0.15) is 0 Å². The van der Waals surface area contributed by atoms with Gasteiger partial charge in [0, 0.05) is 38.0 Å². The van der Waals surface area contributed by atoms with Gasteiger partial charge in [-0.05, 0) is 25.1 Å². The van der Waals surface area contributed by atoms with Crippen LogP contribution in [0.4, 0.5) is 0 Å². The molecule has 1 amide bonds. The van der Waals surface area contributed by atoms with Crippen molar-refractivity contribution in [3.8, 4) is 0 Å². The lowest BCUT2D eigenvalue weighted by Gasteiger charge is -2.40. The Bertz CT molecular complexity index is 708. The number of carbonyl (C=O) groups excluding carboxylic acids is 1. The second-order valence-corrected chi connectivity index (χ2v) is 6.79. The predicted molar refractivity (Wildman–Crippen MR) is 92.1 cm³/mol. The Morgan fingerprint density at radius 3 is 2.92 bits per heavy atom. The lowest BCUT2D eigenvalue weighted by atomic mass is 9.89. The predicted octanol–water partition coefficient (Wildman–Crippen LogP) is 2.61. The zero-order valence-corrected chi connectivity index (χ0v) is 14.3. The lowest BCUT2D eigenvalue weighted by Crippen LogP contribution is -2.53. The third kappa shape index (κ3) is 2.52. The third-order valence-corrected chi connectivity index (χ3v) is 5.59. The Hall–Kier alpha value is -1.85. The van der Waals surface area contributed by atoms with Crippen LogP contribution in [0.2, 0.25) is 0 Å². The summed E-state index contributed by atoms with van der Waals surface area (Å²) in [7, 11) is 1.78. The summed E-state index contributed by atoms with van der Waals surface area (Å²) in [6.07, 6.45) is 1.13. The molecule has 3 atom stereocenters. The van der Waals surface area contributed by atoms with Crippen LogP contribution in [0, 0.1) is 5.92 Å². The zero-order valence-electron chi connectivity index (χ0n) is 14.3. The second-order valence-electron chi connectivity index (χ2n) is 6.79. The maximum Gasteiger partial charge on any atom is 0.289 e. The molecule has 5 nitrogen and oxygen atoms in total. The van der Waals surface area contributed by atoms with E-state index in [0.29, 0.717) is 11.7 Å². The molecule has 0 radical (unpaired) electrons. The number of likely N-dealkylation sites (tertiary alicyclic amines) is 2. The standard InChI is InChI=1S/C19H24N2O3/c1-3-20-11-14-15(12-20)21(9-8-17(14)23-2)19(22)18-10-13-6-4-5-7-16(13)24-18/h4-7,10,14-15,17H,3,8-9,11-12H2,1-2H3/t14-,15+,17-/m1/s1. The van der Waals surface area contributed by atoms with Crippen LogP contribution in [0.5, 0.6) is 0 Å². The molecule has 5 heteroatoms. The molecule has 2 fully saturated rings. The third-order valence-electron chi connectivity index (χ3n) is 5.59. The molecule has 2 aliphatic rings. The summed E-state index contributed by atoms with van der Waals surface area (Å²) < 4.78 is 11.5. The first-order valence-corrected chi connectivity index (χ1v) is 8.76. The largest absolute Gasteiger partial charge is 0.451 e. The number of carbonyl (C=O) groups is 1. The molecule has 0 saturated carbocycles. The van der Waals surface area contributed by atoms with Crippen molar-refractivity contribution in [2.75, 3.05) is 33.3 Å². The van der Waals surface area contributed by atoms with Crippen LogP contribution >= 0.6 is 0 Å². The quantitative estimate of drug-likeness (QED) is 0.869. The Kier molecular flexibility index (Phi) is 4.06. The topological polar surface area (TPSA) is 45.9 Å². The van der Waals surface area contributed by atoms with Gasteiger partial charge in [0.25, 0.3) is 5.91 Å². The summed E-state index contributed by atoms with van der Waals surface area (Å²) in [5.74, 6) is 0.839. The van der Waals surface area contributed by atoms with Gasteiger partial charge in [-0.25, -0.2) is 0 Å². The van der Waals surface area contributed by atoms with Gasteiger partial charge in [0.1, 0.15) is 5.58 Å². The molecule has 2 aromatic rings. The summed E-state index contributed by atoms with van der Waals surface area (Å²) in [4.78, 5) is 17.5. The van der Waals surface area contributed by atoms with E-state index in [9.17, 15) is 4.79 Å². The molecule has 3 heterocycles. The normalized spacial score (nSPS) is 27.6. The van der Waals surface area contributed by atoms with Gasteiger partial charge in [-0.1, -0.05) is 25.1 Å². The maximum absolute atomic E-state index is 13.1. The van der Waals surface area contributed by atoms with E-state index in [1.54, 1.807) is 7.11 Å². The van der Waals surface area contributed by atoms with Crippen LogP contribution < -0.4 is 0 Å². The van der Waals surface area contributed by atoms with Crippen molar-refractivity contribution in [3.05, 3.63) is 36.1 Å². The van der Waals surface area contributed by atoms with Gasteiger partial charge < -0.3 is 19.0 Å². The van der Waals surface area contributed by atoms with Crippen LogP contribution in [-0.2, 0) is 4.74 Å². The summed E-state index contributed by atoms with van der Waals surface area (Å²) in [5.41, 5.74) is 0.769. The monoisotopic (exact) mass is 328 g/mol. The Balaban J connectivity index is 1.61. The van der Waals surface area contributed by atoms with Gasteiger partial charge in [0.05, 0.1) is 12.1 Å². The maximum atomic E-state index is 13.1. The fraction of sp³-hybridized carbons (Fsp3) is 0.526. The Morgan fingerprint density at radius 2 is 2.17 bits per heavy atom. The number of nitrogens with zero attached hydrogens (tertiary/aromatic N) is 2. The average molecular weight is 328 g/mol. The number of ether oxygens (including phenoxy) is 1. The van der Waals surface area contributed by atoms with Crippen LogP contribution in [0.15, 0.2) is 34.7 Å². The van der Waals surface area contributed by atoms with Crippen LogP contribution in [0.25, 0.3) is 11.0 Å². The smallest absolute Gasteiger partial charge is 0.289 e. The second kappa shape index (κ2) is 6.22. The number of rotatable bonds is 3. The van der Waals surface area contributed by atoms with Gasteiger partial charge in [0.15, 0.2) is 5.76 Å². The summed E-state index contributed by atoms with van der Waals surface area (Å²) in [5, 5.41) is 0.978. The van der Waals surface area contributed by atoms with Crippen molar-refractivity contribution >= 4 is 16.9 Å². The Labute approximate surface area is 142 Å². The van der Waals surface area contributed by atoms with Crippen molar-refractivity contribution in [3.63, 3.8) is 0 Å². The first-order valence-electron chi connectivity index (χ1n) is 8.76. The van der Waals surface area contributed by atoms with E-state index in [2.05, 4.69) is 11.8 Å². The van der Waals surface area contributed by atoms with E-state index in [-0.39, 0.29) is 18.1 Å². The minimum absolute atomic E-state index is 0.00806. The molecule has 0 bridgehead atoms. The SMILES string of the molecule is CCN1C[C@H]2[C@H](OC)CCN(C(=O)c3cc4ccccc4o3)[C@H]2C1. The molecule has 0 aliphatic carbocycles. The van der Waals surface area contributed by atoms with Gasteiger partial charge >= 0.3 is 0 Å². The highest BCUT2D eigenvalue weighted by Gasteiger charge is 2.46. The highest BCUT2D eigenvalue weighted by Crippen LogP contribution is 2.33. The summed E-state index contributed by atoms with van der Waals surface area (Å²) in [6.45, 7) is 5.84. The van der Waals surface area contributed by atoms with Crippen LogP contribution in [0.1, 0.15) is 23.9 Å². The van der Waals surface area contributed by atoms with Gasteiger partial charge in [0.2, 0.25) is 0 Å². The highest BCUT2D eigenvalue weighted by molar-refractivity contribution is 5.96. The number of piperidine rings is 1. The van der Waals surface area contributed by atoms with E-state index in [0.717, 1.165) is 43.6 Å². The molecule has 0 N–H and O–H groups in total. The zero-order chi connectivity index (χ0) is 16.7. The van der Waals surface area contributed by atoms with E-state index in [1.165, 1.54) is 0 Å². The highest BCUT2D eigenvalue weighted by atomic mass is 16.5. The minimum atomic E-state index is 0.00806. The van der Waals surface area contributed by atoms with Gasteiger partial charge in [-0.3, -0.25) is 4.79 Å². The summed E-state index contributed by atoms with van der Waals surface area (Å²) >= 11 is 0. The number of benzene rings is 1. The molecular formula is C19H24N2O3. The van der Waals surface area contributed by atoms with E-state index >= 15 is 0 Å². The van der Waals surface area contributed by atoms with Crippen molar-refractivity contribution in [1.82, 2.24) is 9.80 Å². The summed E-state index contributed by atoms with van der Waals surface area (Å²) in [6, 6.07) is 9.84. The van der Waals surface area contributed by atoms with E-state index < -0.39 is 0 Å². The molecular weight excluding hydrogens is 304 g/mol. The lowest BCUT2D eigenvalue weighted by molar-refractivity contribution is -0.0165. The van der Waals surface area contributed by atoms with Crippen molar-refractivity contribution < 1.29 is 13.9 Å². The van der Waals surface area contributed by atoms with E-state index in [1.807, 2.05) is 35.2 Å². The average Bonchev–Trinajstić information content (AvgIpc) is 3.24. The first-order chi connectivity index (χ1) is 11.7. The van der Waals surface area contributed by atoms with Crippen LogP contribution in [0.3, 0.4) is 0 Å². The number of likely N-dealkylation sites (N-methyl/N-ethyl adjacent to an activating group) is 1. The minimum Gasteiger partial charge on any atom is -0.451 e. The number of fused-ring (bicyclic) bond motifs is 2. The molecule has 2 saturated heterocycles. The fourth-order valence-electron chi connectivity index (χ4n) is 4.27. The number of amides is 1. The fourth-order valence-corrected chi connectivity index (χ4v) is 4.27. The number of hydrogen-bond donors (Lipinski definition) is 0. The number of hydrogen-bond acceptors (Lipinski definition) is 4. The molecule has 0 unspecified atom stereocenters. The molecule has 24 heavy (non-hydrogen) atoms. The van der Waals surface area contributed by atoms with Crippen molar-refractivity contribution in [2.24, 2.45) is 5.92 Å². The number of para-hydroxylation sites is 1. The number of furan rings is 1. The molecule has 2 aliphatic heterocycles. The molecule has 0 spiro atoms.